The van der Waals surface area contributed by atoms with E-state index >= 15 is 0 Å². The maximum Gasteiger partial charge on any atom is 0.318 e. The molecule has 1 aliphatic rings. The average Bonchev–Trinajstić information content (AvgIpc) is 3.06. The number of H-pyrrole nitrogens is 1. The van der Waals surface area contributed by atoms with E-state index in [9.17, 15) is 14.4 Å². The van der Waals surface area contributed by atoms with Gasteiger partial charge in [0, 0.05) is 11.7 Å². The highest BCUT2D eigenvalue weighted by Gasteiger charge is 2.29. The summed E-state index contributed by atoms with van der Waals surface area (Å²) < 4.78 is 5.56. The smallest absolute Gasteiger partial charge is 0.308 e. The molecule has 0 fully saturated rings. The summed E-state index contributed by atoms with van der Waals surface area (Å²) in [6.45, 7) is 1.65. The topological polar surface area (TPSA) is 114 Å². The van der Waals surface area contributed by atoms with Gasteiger partial charge in [0.15, 0.2) is 0 Å². The van der Waals surface area contributed by atoms with E-state index in [-0.39, 0.29) is 29.8 Å². The lowest BCUT2D eigenvalue weighted by Gasteiger charge is -2.35. The van der Waals surface area contributed by atoms with E-state index < -0.39 is 11.1 Å². The quantitative estimate of drug-likeness (QED) is 0.677. The van der Waals surface area contributed by atoms with Gasteiger partial charge in [-0.3, -0.25) is 23.9 Å². The number of aromatic amines is 1. The van der Waals surface area contributed by atoms with Gasteiger partial charge in [0.1, 0.15) is 6.54 Å². The summed E-state index contributed by atoms with van der Waals surface area (Å²) >= 11 is 0. The highest BCUT2D eigenvalue weighted by atomic mass is 16.6. The second kappa shape index (κ2) is 5.69. The van der Waals surface area contributed by atoms with Crippen molar-refractivity contribution in [2.75, 3.05) is 4.90 Å². The number of carbonyl (C=O) groups excluding carboxylic acids is 1. The second-order valence-corrected chi connectivity index (χ2v) is 6.06. The molecule has 1 unspecified atom stereocenters. The highest BCUT2D eigenvalue weighted by Crippen LogP contribution is 2.30. The zero-order chi connectivity index (χ0) is 17.6. The first-order valence-electron chi connectivity index (χ1n) is 7.91. The Morgan fingerprint density at radius 2 is 2.12 bits per heavy atom. The van der Waals surface area contributed by atoms with Crippen LogP contribution in [0.15, 0.2) is 38.5 Å². The number of aryl methyl sites for hydroxylation is 1. The zero-order valence-corrected chi connectivity index (χ0v) is 13.4. The lowest BCUT2D eigenvalue weighted by Crippen LogP contribution is -2.46. The van der Waals surface area contributed by atoms with Crippen LogP contribution in [0.2, 0.25) is 0 Å². The Morgan fingerprint density at radius 3 is 2.96 bits per heavy atom. The maximum absolute atomic E-state index is 12.9. The van der Waals surface area contributed by atoms with E-state index in [0.717, 1.165) is 28.7 Å². The second-order valence-electron chi connectivity index (χ2n) is 6.06. The van der Waals surface area contributed by atoms with Crippen LogP contribution in [0.25, 0.3) is 11.3 Å². The number of anilines is 1. The van der Waals surface area contributed by atoms with Crippen molar-refractivity contribution in [3.63, 3.8) is 0 Å². The Balaban J connectivity index is 1.77. The van der Waals surface area contributed by atoms with Crippen LogP contribution in [-0.4, -0.2) is 31.8 Å². The molecule has 0 saturated carbocycles. The number of hydrogen-bond donors (Lipinski definition) is 1. The van der Waals surface area contributed by atoms with Gasteiger partial charge in [0.25, 0.3) is 0 Å². The number of para-hydroxylation sites is 1. The number of nitrogens with one attached hydrogen (secondary N) is 1. The molecule has 9 nitrogen and oxygen atoms in total. The van der Waals surface area contributed by atoms with Crippen LogP contribution < -0.4 is 16.0 Å². The Bertz CT molecular complexity index is 1080. The molecule has 0 spiro atoms. The number of benzene rings is 1. The van der Waals surface area contributed by atoms with Gasteiger partial charge in [0.05, 0.1) is 0 Å². The molecule has 1 aliphatic heterocycles. The van der Waals surface area contributed by atoms with Crippen LogP contribution in [-0.2, 0) is 17.8 Å². The van der Waals surface area contributed by atoms with Crippen LogP contribution in [0.4, 0.5) is 5.69 Å². The van der Waals surface area contributed by atoms with Crippen molar-refractivity contribution in [1.29, 1.82) is 0 Å². The number of nitrogens with zero attached hydrogens (tertiary/aromatic N) is 4. The van der Waals surface area contributed by atoms with Crippen LogP contribution in [0.5, 0.6) is 0 Å². The molecule has 1 N–H and O–H groups in total. The molecule has 0 bridgehead atoms. The zero-order valence-electron chi connectivity index (χ0n) is 13.4. The number of aromatic nitrogens is 4. The Hall–Kier alpha value is -3.23. The first-order valence-corrected chi connectivity index (χ1v) is 7.91. The van der Waals surface area contributed by atoms with Crippen molar-refractivity contribution < 1.29 is 9.42 Å². The first-order chi connectivity index (χ1) is 12.1. The van der Waals surface area contributed by atoms with Gasteiger partial charge >= 0.3 is 11.1 Å². The molecule has 0 saturated heterocycles. The summed E-state index contributed by atoms with van der Waals surface area (Å²) in [7, 11) is 0. The van der Waals surface area contributed by atoms with Crippen LogP contribution >= 0.6 is 0 Å². The fourth-order valence-electron chi connectivity index (χ4n) is 3.25. The lowest BCUT2D eigenvalue weighted by atomic mass is 9.96. The molecular weight excluding hydrogens is 326 g/mol. The van der Waals surface area contributed by atoms with Crippen molar-refractivity contribution in [2.45, 2.75) is 32.4 Å². The fraction of sp³-hybridized carbons (Fsp3) is 0.312. The lowest BCUT2D eigenvalue weighted by molar-refractivity contribution is -0.119. The highest BCUT2D eigenvalue weighted by molar-refractivity contribution is 5.95. The van der Waals surface area contributed by atoms with Crippen LogP contribution in [0, 0.1) is 0 Å². The first kappa shape index (κ1) is 15.3. The van der Waals surface area contributed by atoms with Crippen molar-refractivity contribution in [2.24, 2.45) is 0 Å². The minimum atomic E-state index is -0.872. The monoisotopic (exact) mass is 341 g/mol. The largest absolute Gasteiger partial charge is 0.318 e. The van der Waals surface area contributed by atoms with Crippen molar-refractivity contribution in [3.05, 3.63) is 50.5 Å². The third-order valence-corrected chi connectivity index (χ3v) is 4.48. The predicted octanol–water partition coefficient (Wildman–Crippen LogP) is 0.441. The van der Waals surface area contributed by atoms with Gasteiger partial charge in [-0.1, -0.05) is 18.2 Å². The van der Waals surface area contributed by atoms with Gasteiger partial charge in [-0.2, -0.15) is 0 Å². The molecule has 0 radical (unpaired) electrons. The summed E-state index contributed by atoms with van der Waals surface area (Å²) in [5.41, 5.74) is 0.247. The molecule has 25 heavy (non-hydrogen) atoms. The number of amides is 1. The molecule has 1 aromatic carbocycles. The van der Waals surface area contributed by atoms with Gasteiger partial charge in [-0.15, -0.1) is 0 Å². The van der Waals surface area contributed by atoms with Crippen molar-refractivity contribution >= 4 is 22.9 Å². The minimum Gasteiger partial charge on any atom is -0.308 e. The van der Waals surface area contributed by atoms with E-state index in [1.807, 2.05) is 31.2 Å². The summed E-state index contributed by atoms with van der Waals surface area (Å²) in [6.07, 6.45) is 1.72. The normalized spacial score (nSPS) is 16.8. The van der Waals surface area contributed by atoms with E-state index in [0.29, 0.717) is 0 Å². The number of fused-ring (bicyclic) bond motifs is 2. The molecule has 1 atom stereocenters. The standard InChI is InChI=1S/C16H15N5O4/c1-9-6-7-10-4-2-3-5-11(10)21(9)12(22)8-20-14-13(18-25-19-14)17-15(23)16(20)24/h2-5,9H,6-8H2,1H3,(H,17,18,23). The molecule has 128 valence electrons. The average molecular weight is 341 g/mol. The number of hydrogen-bond acceptors (Lipinski definition) is 6. The molecule has 1 amide bonds. The number of carbonyl (C=O) groups is 1. The van der Waals surface area contributed by atoms with Crippen LogP contribution in [0.1, 0.15) is 18.9 Å². The van der Waals surface area contributed by atoms with E-state index in [1.54, 1.807) is 4.90 Å². The van der Waals surface area contributed by atoms with Crippen LogP contribution in [0.3, 0.4) is 0 Å². The Labute approximate surface area is 140 Å². The maximum atomic E-state index is 12.9. The van der Waals surface area contributed by atoms with Gasteiger partial charge in [0.2, 0.25) is 17.2 Å². The Kier molecular flexibility index (Phi) is 3.48. The molecule has 4 rings (SSSR count). The molecule has 9 heteroatoms. The number of rotatable bonds is 2. The van der Waals surface area contributed by atoms with E-state index in [4.69, 9.17) is 0 Å². The molecule has 2 aromatic heterocycles. The third-order valence-electron chi connectivity index (χ3n) is 4.48. The third kappa shape index (κ3) is 2.44. The molecule has 3 heterocycles. The van der Waals surface area contributed by atoms with Gasteiger partial charge < -0.3 is 4.90 Å². The molecule has 0 aliphatic carbocycles. The summed E-state index contributed by atoms with van der Waals surface area (Å²) in [6, 6.07) is 7.67. The van der Waals surface area contributed by atoms with E-state index in [2.05, 4.69) is 19.9 Å². The van der Waals surface area contributed by atoms with Crippen molar-refractivity contribution in [3.8, 4) is 0 Å². The predicted molar refractivity (Wildman–Crippen MR) is 88.4 cm³/mol. The SMILES string of the molecule is CC1CCc2ccccc2N1C(=O)Cn1c(=O)c(=O)[nH]c2nonc21. The molecule has 3 aromatic rings. The van der Waals surface area contributed by atoms with Gasteiger partial charge in [-0.25, -0.2) is 4.63 Å². The van der Waals surface area contributed by atoms with Gasteiger partial charge in [-0.05, 0) is 41.7 Å². The van der Waals surface area contributed by atoms with E-state index in [1.165, 1.54) is 0 Å². The summed E-state index contributed by atoms with van der Waals surface area (Å²) in [5, 5.41) is 7.14. The molecular formula is C16H15N5O4. The minimum absolute atomic E-state index is 0.00831. The fourth-order valence-corrected chi connectivity index (χ4v) is 3.25. The summed E-state index contributed by atoms with van der Waals surface area (Å²) in [4.78, 5) is 40.8. The summed E-state index contributed by atoms with van der Waals surface area (Å²) in [5.74, 6) is -0.295. The van der Waals surface area contributed by atoms with Crippen molar-refractivity contribution in [1.82, 2.24) is 19.9 Å². The Morgan fingerprint density at radius 1 is 1.32 bits per heavy atom.